The van der Waals surface area contributed by atoms with Crippen LogP contribution in [-0.4, -0.2) is 31.6 Å². The lowest BCUT2D eigenvalue weighted by atomic mass is 9.83. The van der Waals surface area contributed by atoms with Gasteiger partial charge in [-0.05, 0) is 123 Å². The Morgan fingerprint density at radius 2 is 1.46 bits per heavy atom. The number of nitrogens with one attached hydrogen (secondary N) is 2. The molecule has 0 aromatic heterocycles. The van der Waals surface area contributed by atoms with E-state index in [-0.39, 0.29) is 6.03 Å². The van der Waals surface area contributed by atoms with Crippen molar-refractivity contribution in [1.29, 1.82) is 0 Å². The molecule has 3 unspecified atom stereocenters. The zero-order chi connectivity index (χ0) is 25.6. The molecule has 0 spiro atoms. The number of fused-ring (bicyclic) bond motifs is 1. The molecule has 0 bridgehead atoms. The summed E-state index contributed by atoms with van der Waals surface area (Å²) in [6.45, 7) is 1.13. The molecule has 1 fully saturated rings. The average molecular weight is 496 g/mol. The fraction of sp³-hybridized carbons (Fsp3) is 0.424. The van der Waals surface area contributed by atoms with E-state index in [9.17, 15) is 4.79 Å². The van der Waals surface area contributed by atoms with Crippen LogP contribution < -0.4 is 10.6 Å². The van der Waals surface area contributed by atoms with Crippen LogP contribution in [0.15, 0.2) is 72.8 Å². The van der Waals surface area contributed by atoms with Crippen molar-refractivity contribution in [2.24, 2.45) is 5.92 Å². The van der Waals surface area contributed by atoms with Crippen molar-refractivity contribution in [3.05, 3.63) is 95.1 Å². The standard InChI is InChI=1S/C33H41N3O/c1-36(2)23-24-14-15-30-22-32(19-18-29(30)20-24)35-33(37)34-31-13-7-12-28(21-31)27-11-6-10-26(16-17-27)25-8-4-3-5-9-25/h3-5,7-9,12-13,18-19,21-22,24,26-27H,6,10-11,14-17,20,23H2,1-2H3,(H2,34,35,37). The van der Waals surface area contributed by atoms with Crippen LogP contribution in [0.1, 0.15) is 72.6 Å². The molecule has 0 saturated heterocycles. The minimum Gasteiger partial charge on any atom is -0.309 e. The van der Waals surface area contributed by atoms with E-state index >= 15 is 0 Å². The molecule has 0 aliphatic heterocycles. The second kappa shape index (κ2) is 12.0. The molecule has 1 saturated carbocycles. The van der Waals surface area contributed by atoms with Gasteiger partial charge in [0.15, 0.2) is 0 Å². The average Bonchev–Trinajstić information content (AvgIpc) is 3.16. The maximum atomic E-state index is 12.8. The molecule has 4 nitrogen and oxygen atoms in total. The molecule has 3 aromatic rings. The summed E-state index contributed by atoms with van der Waals surface area (Å²) in [5.74, 6) is 1.93. The van der Waals surface area contributed by atoms with E-state index in [0.29, 0.717) is 11.8 Å². The fourth-order valence-electron chi connectivity index (χ4n) is 6.44. The summed E-state index contributed by atoms with van der Waals surface area (Å²) in [7, 11) is 4.30. The van der Waals surface area contributed by atoms with E-state index in [1.807, 2.05) is 12.1 Å². The molecular formula is C33H41N3O. The normalized spacial score (nSPS) is 21.6. The summed E-state index contributed by atoms with van der Waals surface area (Å²) in [6, 6.07) is 25.7. The number of amides is 2. The van der Waals surface area contributed by atoms with Gasteiger partial charge in [0.25, 0.3) is 0 Å². The Morgan fingerprint density at radius 3 is 2.22 bits per heavy atom. The monoisotopic (exact) mass is 495 g/mol. The molecule has 2 aliphatic rings. The molecular weight excluding hydrogens is 454 g/mol. The highest BCUT2D eigenvalue weighted by molar-refractivity contribution is 5.99. The second-order valence-corrected chi connectivity index (χ2v) is 11.4. The van der Waals surface area contributed by atoms with Crippen molar-refractivity contribution in [2.75, 3.05) is 31.3 Å². The Balaban J connectivity index is 1.17. The summed E-state index contributed by atoms with van der Waals surface area (Å²) >= 11 is 0. The Kier molecular flexibility index (Phi) is 8.25. The lowest BCUT2D eigenvalue weighted by Gasteiger charge is -2.27. The van der Waals surface area contributed by atoms with Crippen LogP contribution >= 0.6 is 0 Å². The number of anilines is 2. The van der Waals surface area contributed by atoms with Gasteiger partial charge in [-0.3, -0.25) is 0 Å². The van der Waals surface area contributed by atoms with Gasteiger partial charge in [-0.1, -0.05) is 55.0 Å². The first-order chi connectivity index (χ1) is 18.0. The molecule has 37 heavy (non-hydrogen) atoms. The number of rotatable bonds is 6. The van der Waals surface area contributed by atoms with Crippen LogP contribution in [0.3, 0.4) is 0 Å². The maximum Gasteiger partial charge on any atom is 0.323 e. The summed E-state index contributed by atoms with van der Waals surface area (Å²) < 4.78 is 0. The Hall–Kier alpha value is -3.11. The molecule has 3 aromatic carbocycles. The van der Waals surface area contributed by atoms with E-state index in [2.05, 4.69) is 90.3 Å². The molecule has 2 aliphatic carbocycles. The van der Waals surface area contributed by atoms with Gasteiger partial charge in [-0.15, -0.1) is 0 Å². The third-order valence-electron chi connectivity index (χ3n) is 8.27. The minimum atomic E-state index is -0.177. The fourth-order valence-corrected chi connectivity index (χ4v) is 6.44. The van der Waals surface area contributed by atoms with Crippen molar-refractivity contribution in [3.63, 3.8) is 0 Å². The minimum absolute atomic E-state index is 0.177. The van der Waals surface area contributed by atoms with Gasteiger partial charge in [0.2, 0.25) is 0 Å². The van der Waals surface area contributed by atoms with E-state index in [1.165, 1.54) is 60.8 Å². The number of nitrogens with zero attached hydrogens (tertiary/aromatic N) is 1. The lowest BCUT2D eigenvalue weighted by Crippen LogP contribution is -2.26. The van der Waals surface area contributed by atoms with Crippen molar-refractivity contribution < 1.29 is 4.79 Å². The van der Waals surface area contributed by atoms with Gasteiger partial charge in [-0.25, -0.2) is 4.79 Å². The van der Waals surface area contributed by atoms with Crippen LogP contribution in [0.2, 0.25) is 0 Å². The van der Waals surface area contributed by atoms with Crippen LogP contribution in [0.4, 0.5) is 16.2 Å². The summed E-state index contributed by atoms with van der Waals surface area (Å²) in [6.07, 6.45) is 9.55. The van der Waals surface area contributed by atoms with Gasteiger partial charge in [-0.2, -0.15) is 0 Å². The molecule has 2 N–H and O–H groups in total. The van der Waals surface area contributed by atoms with Gasteiger partial charge in [0, 0.05) is 17.9 Å². The number of aryl methyl sites for hydroxylation is 1. The van der Waals surface area contributed by atoms with Crippen molar-refractivity contribution >= 4 is 17.4 Å². The van der Waals surface area contributed by atoms with Crippen molar-refractivity contribution in [3.8, 4) is 0 Å². The van der Waals surface area contributed by atoms with Crippen LogP contribution in [-0.2, 0) is 12.8 Å². The van der Waals surface area contributed by atoms with E-state index < -0.39 is 0 Å². The molecule has 194 valence electrons. The largest absolute Gasteiger partial charge is 0.323 e. The third-order valence-corrected chi connectivity index (χ3v) is 8.27. The summed E-state index contributed by atoms with van der Waals surface area (Å²) in [4.78, 5) is 15.1. The van der Waals surface area contributed by atoms with Crippen molar-refractivity contribution in [1.82, 2.24) is 4.90 Å². The predicted octanol–water partition coefficient (Wildman–Crippen LogP) is 7.83. The maximum absolute atomic E-state index is 12.8. The quantitative estimate of drug-likeness (QED) is 0.342. The number of carbonyl (C=O) groups is 1. The van der Waals surface area contributed by atoms with Crippen LogP contribution in [0, 0.1) is 5.92 Å². The molecule has 3 atom stereocenters. The van der Waals surface area contributed by atoms with Crippen LogP contribution in [0.5, 0.6) is 0 Å². The zero-order valence-corrected chi connectivity index (χ0v) is 22.4. The van der Waals surface area contributed by atoms with E-state index in [0.717, 1.165) is 36.7 Å². The molecule has 4 heteroatoms. The summed E-state index contributed by atoms with van der Waals surface area (Å²) in [5, 5.41) is 6.13. The highest BCUT2D eigenvalue weighted by Crippen LogP contribution is 2.39. The SMILES string of the molecule is CN(C)CC1CCc2cc(NC(=O)Nc3cccc(C4CCCC(c5ccccc5)CC4)c3)ccc2C1. The second-order valence-electron chi connectivity index (χ2n) is 11.4. The predicted molar refractivity (Wildman–Crippen MR) is 155 cm³/mol. The van der Waals surface area contributed by atoms with Gasteiger partial charge < -0.3 is 15.5 Å². The Morgan fingerprint density at radius 1 is 0.757 bits per heavy atom. The van der Waals surface area contributed by atoms with E-state index in [4.69, 9.17) is 0 Å². The topological polar surface area (TPSA) is 44.4 Å². The molecule has 2 amide bonds. The Labute approximate surface area is 222 Å². The van der Waals surface area contributed by atoms with Crippen LogP contribution in [0.25, 0.3) is 0 Å². The zero-order valence-electron chi connectivity index (χ0n) is 22.4. The van der Waals surface area contributed by atoms with Gasteiger partial charge in [0.05, 0.1) is 0 Å². The number of benzene rings is 3. The first-order valence-corrected chi connectivity index (χ1v) is 14.0. The first-order valence-electron chi connectivity index (χ1n) is 14.0. The molecule has 0 heterocycles. The third kappa shape index (κ3) is 6.81. The van der Waals surface area contributed by atoms with Gasteiger partial charge in [0.1, 0.15) is 0 Å². The number of hydrogen-bond donors (Lipinski definition) is 2. The summed E-state index contributed by atoms with van der Waals surface area (Å²) in [5.41, 5.74) is 7.35. The number of carbonyl (C=O) groups excluding carboxylic acids is 1. The molecule has 5 rings (SSSR count). The smallest absolute Gasteiger partial charge is 0.309 e. The molecule has 0 radical (unpaired) electrons. The van der Waals surface area contributed by atoms with E-state index in [1.54, 1.807) is 0 Å². The first kappa shape index (κ1) is 25.5. The lowest BCUT2D eigenvalue weighted by molar-refractivity contribution is 0.262. The highest BCUT2D eigenvalue weighted by Gasteiger charge is 2.22. The Bertz CT molecular complexity index is 1190. The van der Waals surface area contributed by atoms with Gasteiger partial charge >= 0.3 is 6.03 Å². The number of hydrogen-bond acceptors (Lipinski definition) is 2. The van der Waals surface area contributed by atoms with Crippen molar-refractivity contribution in [2.45, 2.75) is 63.2 Å². The number of urea groups is 1. The highest BCUT2D eigenvalue weighted by atomic mass is 16.2.